The van der Waals surface area contributed by atoms with E-state index in [1.165, 1.54) is 0 Å². The van der Waals surface area contributed by atoms with Gasteiger partial charge in [-0.25, -0.2) is 4.52 Å². The molecule has 0 amide bonds. The molecule has 2 unspecified atom stereocenters. The maximum absolute atomic E-state index is 6.00. The Morgan fingerprint density at radius 3 is 2.94 bits per heavy atom. The fourth-order valence-electron chi connectivity index (χ4n) is 2.14. The Bertz CT molecular complexity index is 542. The van der Waals surface area contributed by atoms with Crippen molar-refractivity contribution in [2.45, 2.75) is 13.0 Å². The van der Waals surface area contributed by atoms with E-state index in [0.717, 1.165) is 24.7 Å². The Labute approximate surface area is 104 Å². The van der Waals surface area contributed by atoms with Crippen LogP contribution in [0.25, 0.3) is 5.65 Å². The summed E-state index contributed by atoms with van der Waals surface area (Å²) in [5.74, 6) is 1.21. The summed E-state index contributed by atoms with van der Waals surface area (Å²) in [6, 6.07) is 3.87. The van der Waals surface area contributed by atoms with Crippen LogP contribution in [0.1, 0.15) is 6.92 Å². The first-order valence-electron chi connectivity index (χ1n) is 5.66. The minimum Gasteiger partial charge on any atom is -0.338 e. The Morgan fingerprint density at radius 1 is 1.41 bits per heavy atom. The molecule has 2 aromatic rings. The van der Waals surface area contributed by atoms with E-state index in [0.29, 0.717) is 10.9 Å². The van der Waals surface area contributed by atoms with Gasteiger partial charge in [0.25, 0.3) is 0 Å². The maximum Gasteiger partial charge on any atom is 0.245 e. The highest BCUT2D eigenvalue weighted by Crippen LogP contribution is 2.21. The van der Waals surface area contributed by atoms with E-state index in [2.05, 4.69) is 21.9 Å². The van der Waals surface area contributed by atoms with Gasteiger partial charge in [-0.15, -0.1) is 5.10 Å². The number of nitrogens with two attached hydrogens (primary N) is 1. The van der Waals surface area contributed by atoms with E-state index >= 15 is 0 Å². The summed E-state index contributed by atoms with van der Waals surface area (Å²) in [7, 11) is 0. The number of aromatic nitrogens is 3. The number of halogens is 1. The Kier molecular flexibility index (Phi) is 2.45. The van der Waals surface area contributed by atoms with E-state index in [1.54, 1.807) is 10.7 Å². The zero-order chi connectivity index (χ0) is 12.0. The molecule has 0 bridgehead atoms. The largest absolute Gasteiger partial charge is 0.338 e. The number of nitrogens with zero attached hydrogens (tertiary/aromatic N) is 4. The third-order valence-corrected chi connectivity index (χ3v) is 3.46. The first kappa shape index (κ1) is 10.8. The lowest BCUT2D eigenvalue weighted by Gasteiger charge is -2.11. The minimum absolute atomic E-state index is 0.199. The molecule has 0 radical (unpaired) electrons. The molecule has 2 atom stereocenters. The summed E-state index contributed by atoms with van der Waals surface area (Å²) < 4.78 is 1.70. The summed E-state index contributed by atoms with van der Waals surface area (Å²) >= 11 is 5.91. The first-order valence-corrected chi connectivity index (χ1v) is 6.04. The minimum atomic E-state index is 0.199. The van der Waals surface area contributed by atoms with E-state index < -0.39 is 0 Å². The smallest absolute Gasteiger partial charge is 0.245 e. The second-order valence-electron chi connectivity index (χ2n) is 4.61. The van der Waals surface area contributed by atoms with Gasteiger partial charge in [-0.05, 0) is 18.1 Å². The molecule has 1 aliphatic heterocycles. The van der Waals surface area contributed by atoms with E-state index in [1.807, 2.05) is 12.1 Å². The quantitative estimate of drug-likeness (QED) is 0.827. The third-order valence-electron chi connectivity index (χ3n) is 3.24. The van der Waals surface area contributed by atoms with Crippen molar-refractivity contribution in [3.63, 3.8) is 0 Å². The molecule has 17 heavy (non-hydrogen) atoms. The lowest BCUT2D eigenvalue weighted by Crippen LogP contribution is -2.28. The van der Waals surface area contributed by atoms with Crippen LogP contribution >= 0.6 is 11.6 Å². The molecule has 6 heteroatoms. The molecular formula is C11H14ClN5. The molecule has 1 saturated heterocycles. The molecule has 1 aliphatic rings. The van der Waals surface area contributed by atoms with Crippen molar-refractivity contribution in [2.24, 2.45) is 11.7 Å². The van der Waals surface area contributed by atoms with Crippen molar-refractivity contribution in [1.82, 2.24) is 14.6 Å². The van der Waals surface area contributed by atoms with Crippen LogP contribution in [-0.4, -0.2) is 33.7 Å². The molecule has 1 fully saturated rings. The first-order chi connectivity index (χ1) is 8.13. The summed E-state index contributed by atoms with van der Waals surface area (Å²) in [6.45, 7) is 3.87. The van der Waals surface area contributed by atoms with Crippen molar-refractivity contribution in [1.29, 1.82) is 0 Å². The molecule has 5 nitrogen and oxygen atoms in total. The number of fused-ring (bicyclic) bond motifs is 1. The summed E-state index contributed by atoms with van der Waals surface area (Å²) in [4.78, 5) is 6.59. The normalized spacial score (nSPS) is 24.8. The molecule has 0 aromatic carbocycles. The Morgan fingerprint density at radius 2 is 2.24 bits per heavy atom. The molecule has 0 spiro atoms. The van der Waals surface area contributed by atoms with E-state index in [-0.39, 0.29) is 6.04 Å². The number of hydrogen-bond acceptors (Lipinski definition) is 4. The van der Waals surface area contributed by atoms with Crippen LogP contribution in [-0.2, 0) is 0 Å². The predicted octanol–water partition coefficient (Wildman–Crippen LogP) is 1.17. The summed E-state index contributed by atoms with van der Waals surface area (Å²) in [6.07, 6.45) is 1.76. The van der Waals surface area contributed by atoms with Gasteiger partial charge in [0.1, 0.15) is 0 Å². The maximum atomic E-state index is 6.00. The van der Waals surface area contributed by atoms with Crippen LogP contribution in [0.15, 0.2) is 18.3 Å². The highest BCUT2D eigenvalue weighted by atomic mass is 35.5. The van der Waals surface area contributed by atoms with Gasteiger partial charge in [0.2, 0.25) is 5.95 Å². The predicted molar refractivity (Wildman–Crippen MR) is 67.3 cm³/mol. The highest BCUT2D eigenvalue weighted by Gasteiger charge is 2.28. The van der Waals surface area contributed by atoms with Crippen LogP contribution in [0, 0.1) is 5.92 Å². The van der Waals surface area contributed by atoms with Crippen molar-refractivity contribution >= 4 is 23.2 Å². The second-order valence-corrected chi connectivity index (χ2v) is 5.04. The average Bonchev–Trinajstić information content (AvgIpc) is 2.83. The number of anilines is 1. The zero-order valence-electron chi connectivity index (χ0n) is 9.55. The molecule has 0 aliphatic carbocycles. The monoisotopic (exact) mass is 251 g/mol. The van der Waals surface area contributed by atoms with Gasteiger partial charge in [0, 0.05) is 25.3 Å². The van der Waals surface area contributed by atoms with Crippen LogP contribution in [0.4, 0.5) is 5.95 Å². The fourth-order valence-corrected chi connectivity index (χ4v) is 2.29. The number of rotatable bonds is 1. The lowest BCUT2D eigenvalue weighted by molar-refractivity contribution is 0.566. The molecule has 0 saturated carbocycles. The molecule has 3 rings (SSSR count). The second kappa shape index (κ2) is 3.85. The van der Waals surface area contributed by atoms with Crippen molar-refractivity contribution in [2.75, 3.05) is 18.0 Å². The van der Waals surface area contributed by atoms with Crippen molar-refractivity contribution < 1.29 is 0 Å². The molecule has 3 heterocycles. The SMILES string of the molecule is CC1CN(c2nc3ccc(Cl)cn3n2)CC1N. The van der Waals surface area contributed by atoms with Crippen LogP contribution in [0.3, 0.4) is 0 Å². The van der Waals surface area contributed by atoms with Crippen molar-refractivity contribution in [3.8, 4) is 0 Å². The number of hydrogen-bond donors (Lipinski definition) is 1. The molecular weight excluding hydrogens is 238 g/mol. The Balaban J connectivity index is 1.96. The summed E-state index contributed by atoms with van der Waals surface area (Å²) in [5.41, 5.74) is 6.80. The van der Waals surface area contributed by atoms with E-state index in [4.69, 9.17) is 17.3 Å². The standard InChI is InChI=1S/C11H14ClN5/c1-7-4-16(6-9(7)13)11-14-10-3-2-8(12)5-17(10)15-11/h2-3,5,7,9H,4,6,13H2,1H3. The van der Waals surface area contributed by atoms with Gasteiger partial charge < -0.3 is 10.6 Å². The van der Waals surface area contributed by atoms with Gasteiger partial charge in [0.05, 0.1) is 5.02 Å². The number of pyridine rings is 1. The van der Waals surface area contributed by atoms with Crippen LogP contribution in [0.5, 0.6) is 0 Å². The van der Waals surface area contributed by atoms with E-state index in [9.17, 15) is 0 Å². The molecule has 2 aromatic heterocycles. The van der Waals surface area contributed by atoms with Gasteiger partial charge in [-0.1, -0.05) is 18.5 Å². The zero-order valence-corrected chi connectivity index (χ0v) is 10.3. The van der Waals surface area contributed by atoms with Gasteiger partial charge in [-0.3, -0.25) is 0 Å². The van der Waals surface area contributed by atoms with Crippen LogP contribution in [0.2, 0.25) is 5.02 Å². The summed E-state index contributed by atoms with van der Waals surface area (Å²) in [5, 5.41) is 5.07. The van der Waals surface area contributed by atoms with Crippen LogP contribution < -0.4 is 10.6 Å². The molecule has 2 N–H and O–H groups in total. The lowest BCUT2D eigenvalue weighted by atomic mass is 10.1. The van der Waals surface area contributed by atoms with Gasteiger partial charge in [-0.2, -0.15) is 4.98 Å². The van der Waals surface area contributed by atoms with Gasteiger partial charge in [0.15, 0.2) is 5.65 Å². The third kappa shape index (κ3) is 1.85. The van der Waals surface area contributed by atoms with Gasteiger partial charge >= 0.3 is 0 Å². The highest BCUT2D eigenvalue weighted by molar-refractivity contribution is 6.30. The average molecular weight is 252 g/mol. The van der Waals surface area contributed by atoms with Crippen molar-refractivity contribution in [3.05, 3.63) is 23.4 Å². The topological polar surface area (TPSA) is 59.5 Å². The Hall–Kier alpha value is -1.33. The molecule has 90 valence electrons. The fraction of sp³-hybridized carbons (Fsp3) is 0.455.